The second-order valence-electron chi connectivity index (χ2n) is 12.2. The van der Waals surface area contributed by atoms with Gasteiger partial charge < -0.3 is 15.0 Å². The molecular formula is C27H32Cl3N5O3. The molecule has 2 aromatic rings. The van der Waals surface area contributed by atoms with Gasteiger partial charge in [-0.05, 0) is 85.3 Å². The fourth-order valence-corrected chi connectivity index (χ4v) is 8.90. The molecule has 1 saturated heterocycles. The van der Waals surface area contributed by atoms with E-state index in [0.29, 0.717) is 47.1 Å². The van der Waals surface area contributed by atoms with Crippen LogP contribution in [0.2, 0.25) is 15.1 Å². The third kappa shape index (κ3) is 4.61. The van der Waals surface area contributed by atoms with Crippen molar-refractivity contribution in [3.63, 3.8) is 0 Å². The molecule has 7 rings (SSSR count). The predicted octanol–water partition coefficient (Wildman–Crippen LogP) is 6.09. The van der Waals surface area contributed by atoms with Crippen LogP contribution in [0.4, 0.5) is 5.82 Å². The maximum Gasteiger partial charge on any atom is 0.408 e. The number of hydrogen-bond acceptors (Lipinski definition) is 5. The Hall–Kier alpha value is -1.87. The molecule has 8 nitrogen and oxygen atoms in total. The second kappa shape index (κ2) is 9.65. The Bertz CT molecular complexity index is 1270. The van der Waals surface area contributed by atoms with Crippen LogP contribution in [0.15, 0.2) is 18.2 Å². The van der Waals surface area contributed by atoms with Crippen molar-refractivity contribution in [1.82, 2.24) is 19.6 Å². The van der Waals surface area contributed by atoms with Gasteiger partial charge >= 0.3 is 5.82 Å². The number of halogens is 3. The van der Waals surface area contributed by atoms with Crippen molar-refractivity contribution in [2.75, 3.05) is 26.2 Å². The lowest BCUT2D eigenvalue weighted by Gasteiger charge is -2.61. The first-order valence-electron chi connectivity index (χ1n) is 13.4. The lowest BCUT2D eigenvalue weighted by Crippen LogP contribution is -2.58. The molecule has 2 heterocycles. The van der Waals surface area contributed by atoms with Crippen molar-refractivity contribution >= 4 is 46.5 Å². The third-order valence-corrected chi connectivity index (χ3v) is 10.6. The topological polar surface area (TPSA) is 84.5 Å². The van der Waals surface area contributed by atoms with Crippen molar-refractivity contribution in [1.29, 1.82) is 0 Å². The van der Waals surface area contributed by atoms with Crippen molar-refractivity contribution in [2.24, 2.45) is 17.3 Å². The van der Waals surface area contributed by atoms with Crippen molar-refractivity contribution in [2.45, 2.75) is 64.0 Å². The summed E-state index contributed by atoms with van der Waals surface area (Å²) in [7, 11) is 0. The van der Waals surface area contributed by atoms with E-state index in [9.17, 15) is 14.9 Å². The number of nitro groups is 1. The Morgan fingerprint density at radius 1 is 1.08 bits per heavy atom. The SMILES string of the molecule is Cc1c(Cl)c([N+](=O)[O-])nn1C12CC3CC(CC(CC(=O)N4CCN(Cc5ccc(Cl)c(Cl)c5)CC4)(C3)C1)C2. The average molecular weight is 581 g/mol. The smallest absolute Gasteiger partial charge is 0.358 e. The van der Waals surface area contributed by atoms with Gasteiger partial charge in [-0.1, -0.05) is 40.9 Å². The van der Waals surface area contributed by atoms with E-state index < -0.39 is 4.92 Å². The monoisotopic (exact) mass is 579 g/mol. The van der Waals surface area contributed by atoms with Crippen LogP contribution in [0.25, 0.3) is 0 Å². The first kappa shape index (κ1) is 26.4. The molecule has 1 aromatic carbocycles. The molecule has 5 aliphatic rings. The molecule has 204 valence electrons. The van der Waals surface area contributed by atoms with Gasteiger partial charge in [-0.3, -0.25) is 9.69 Å². The molecule has 1 aromatic heterocycles. The summed E-state index contributed by atoms with van der Waals surface area (Å²) in [5.41, 5.74) is 1.43. The highest BCUT2D eigenvalue weighted by Crippen LogP contribution is 2.65. The van der Waals surface area contributed by atoms with Gasteiger partial charge in [0.2, 0.25) is 5.91 Å². The first-order valence-corrected chi connectivity index (χ1v) is 14.5. The summed E-state index contributed by atoms with van der Waals surface area (Å²) < 4.78 is 1.87. The van der Waals surface area contributed by atoms with Gasteiger partial charge in [-0.2, -0.15) is 4.68 Å². The van der Waals surface area contributed by atoms with Crippen LogP contribution in [0.1, 0.15) is 56.2 Å². The number of rotatable bonds is 6. The molecule has 4 bridgehead atoms. The summed E-state index contributed by atoms with van der Waals surface area (Å²) in [6.45, 7) is 5.69. The van der Waals surface area contributed by atoms with Crippen LogP contribution in [-0.4, -0.2) is 56.6 Å². The van der Waals surface area contributed by atoms with Gasteiger partial charge in [-0.25, -0.2) is 0 Å². The summed E-state index contributed by atoms with van der Waals surface area (Å²) in [6.07, 6.45) is 6.61. The van der Waals surface area contributed by atoms with Crippen LogP contribution in [0.5, 0.6) is 0 Å². The van der Waals surface area contributed by atoms with E-state index in [4.69, 9.17) is 34.8 Å². The summed E-state index contributed by atoms with van der Waals surface area (Å²) in [6, 6.07) is 5.74. The minimum absolute atomic E-state index is 0.0714. The summed E-state index contributed by atoms with van der Waals surface area (Å²) >= 11 is 18.6. The highest BCUT2D eigenvalue weighted by molar-refractivity contribution is 6.42. The molecule has 0 N–H and O–H groups in total. The molecule has 4 aliphatic carbocycles. The number of aromatic nitrogens is 2. The van der Waals surface area contributed by atoms with Crippen LogP contribution < -0.4 is 0 Å². The van der Waals surface area contributed by atoms with Gasteiger partial charge in [0, 0.05) is 39.1 Å². The van der Waals surface area contributed by atoms with Gasteiger partial charge in [0.05, 0.1) is 26.4 Å². The Morgan fingerprint density at radius 2 is 1.76 bits per heavy atom. The second-order valence-corrected chi connectivity index (χ2v) is 13.4. The molecule has 11 heteroatoms. The van der Waals surface area contributed by atoms with Crippen molar-refractivity contribution < 1.29 is 9.72 Å². The minimum atomic E-state index is -0.493. The lowest BCUT2D eigenvalue weighted by molar-refractivity contribution is -0.389. The Labute approximate surface area is 237 Å². The predicted molar refractivity (Wildman–Crippen MR) is 147 cm³/mol. The van der Waals surface area contributed by atoms with Crippen molar-refractivity contribution in [3.8, 4) is 0 Å². The standard InChI is InChI=1S/C27H32Cl3N5O3/c1-17-24(30)25(35(37)38)31-34(17)27-12-19-8-20(13-27)11-26(10-19,16-27)14-23(36)33-6-4-32(5-7-33)15-18-2-3-21(28)22(29)9-18/h2-3,9,19-20H,4-8,10-16H2,1H3. The number of piperazine rings is 1. The fourth-order valence-electron chi connectivity index (χ4n) is 8.39. The van der Waals surface area contributed by atoms with Gasteiger partial charge in [0.1, 0.15) is 0 Å². The molecule has 38 heavy (non-hydrogen) atoms. The average Bonchev–Trinajstić information content (AvgIpc) is 3.16. The Morgan fingerprint density at radius 3 is 2.37 bits per heavy atom. The zero-order valence-electron chi connectivity index (χ0n) is 21.5. The van der Waals surface area contributed by atoms with Gasteiger partial charge in [0.25, 0.3) is 0 Å². The summed E-state index contributed by atoms with van der Waals surface area (Å²) in [4.78, 5) is 29.0. The molecule has 0 radical (unpaired) electrons. The van der Waals surface area contributed by atoms with Crippen LogP contribution >= 0.6 is 34.8 Å². The number of amides is 1. The van der Waals surface area contributed by atoms with Crippen LogP contribution in [0, 0.1) is 34.3 Å². The normalized spacial score (nSPS) is 30.7. The molecule has 0 spiro atoms. The largest absolute Gasteiger partial charge is 0.408 e. The van der Waals surface area contributed by atoms with Gasteiger partial charge in [-0.15, -0.1) is 0 Å². The van der Waals surface area contributed by atoms with E-state index in [0.717, 1.165) is 57.3 Å². The molecular weight excluding hydrogens is 549 g/mol. The Kier molecular flexibility index (Phi) is 6.69. The maximum atomic E-state index is 13.6. The molecule has 2 unspecified atom stereocenters. The minimum Gasteiger partial charge on any atom is -0.358 e. The molecule has 1 aliphatic heterocycles. The maximum absolute atomic E-state index is 13.6. The van der Waals surface area contributed by atoms with E-state index in [1.807, 2.05) is 34.7 Å². The third-order valence-electron chi connectivity index (χ3n) is 9.44. The zero-order valence-corrected chi connectivity index (χ0v) is 23.7. The fraction of sp³-hybridized carbons (Fsp3) is 0.630. The number of benzene rings is 1. The first-order chi connectivity index (χ1) is 18.1. The van der Waals surface area contributed by atoms with E-state index >= 15 is 0 Å². The quantitative estimate of drug-likeness (QED) is 0.305. The number of carbonyl (C=O) groups excluding carboxylic acids is 1. The van der Waals surface area contributed by atoms with E-state index in [1.54, 1.807) is 0 Å². The molecule has 4 saturated carbocycles. The zero-order chi connectivity index (χ0) is 26.8. The number of hydrogen-bond donors (Lipinski definition) is 0. The molecule has 1 amide bonds. The lowest BCUT2D eigenvalue weighted by atomic mass is 9.46. The van der Waals surface area contributed by atoms with Crippen molar-refractivity contribution in [3.05, 3.63) is 54.6 Å². The van der Waals surface area contributed by atoms with Crippen LogP contribution in [-0.2, 0) is 16.9 Å². The van der Waals surface area contributed by atoms with Gasteiger partial charge in [0.15, 0.2) is 5.02 Å². The number of carbonyl (C=O) groups is 1. The van der Waals surface area contributed by atoms with Crippen LogP contribution in [0.3, 0.4) is 0 Å². The van der Waals surface area contributed by atoms with E-state index in [1.165, 1.54) is 6.42 Å². The Balaban J connectivity index is 1.14. The highest BCUT2D eigenvalue weighted by atomic mass is 35.5. The van der Waals surface area contributed by atoms with E-state index in [-0.39, 0.29) is 27.7 Å². The number of nitrogens with zero attached hydrogens (tertiary/aromatic N) is 5. The molecule has 2 atom stereocenters. The van der Waals surface area contributed by atoms with E-state index in [2.05, 4.69) is 10.00 Å². The molecule has 5 fully saturated rings. The summed E-state index contributed by atoms with van der Waals surface area (Å²) in [5, 5.41) is 17.2. The summed E-state index contributed by atoms with van der Waals surface area (Å²) in [5.74, 6) is 1.02. The highest BCUT2D eigenvalue weighted by Gasteiger charge is 2.61.